The van der Waals surface area contributed by atoms with Gasteiger partial charge in [-0.05, 0) is 38.0 Å². The molecule has 0 bridgehead atoms. The van der Waals surface area contributed by atoms with Gasteiger partial charge < -0.3 is 5.32 Å². The third kappa shape index (κ3) is 4.38. The molecule has 0 radical (unpaired) electrons. The van der Waals surface area contributed by atoms with E-state index in [-0.39, 0.29) is 5.91 Å². The summed E-state index contributed by atoms with van der Waals surface area (Å²) in [5.74, 6) is -0.340. The van der Waals surface area contributed by atoms with E-state index in [1.165, 1.54) is 7.05 Å². The summed E-state index contributed by atoms with van der Waals surface area (Å²) in [4.78, 5) is 12.8. The summed E-state index contributed by atoms with van der Waals surface area (Å²) in [6.45, 7) is 4.78. The van der Waals surface area contributed by atoms with Gasteiger partial charge in [-0.3, -0.25) is 9.48 Å². The maximum absolute atomic E-state index is 12.8. The Morgan fingerprint density at radius 2 is 2.04 bits per heavy atom. The molecule has 2 N–H and O–H groups in total. The predicted octanol–water partition coefficient (Wildman–Crippen LogP) is 1.76. The van der Waals surface area contributed by atoms with Crippen LogP contribution in [0.3, 0.4) is 0 Å². The van der Waals surface area contributed by atoms with Crippen molar-refractivity contribution in [2.45, 2.75) is 45.4 Å². The average molecular weight is 426 g/mol. The summed E-state index contributed by atoms with van der Waals surface area (Å²) >= 11 is 5.87. The largest absolute Gasteiger partial charge is 0.351 e. The van der Waals surface area contributed by atoms with E-state index in [4.69, 9.17) is 11.6 Å². The maximum atomic E-state index is 12.8. The van der Waals surface area contributed by atoms with Gasteiger partial charge in [0.1, 0.15) is 6.04 Å². The Bertz CT molecular complexity index is 958. The van der Waals surface area contributed by atoms with Gasteiger partial charge in [0.2, 0.25) is 5.91 Å². The van der Waals surface area contributed by atoms with Crippen LogP contribution in [0.25, 0.3) is 0 Å². The van der Waals surface area contributed by atoms with E-state index >= 15 is 0 Å². The van der Waals surface area contributed by atoms with Gasteiger partial charge in [0.05, 0.1) is 11.7 Å². The topological polar surface area (TPSA) is 96.3 Å². The van der Waals surface area contributed by atoms with E-state index in [9.17, 15) is 13.2 Å². The van der Waals surface area contributed by atoms with E-state index in [2.05, 4.69) is 15.1 Å². The molecule has 2 atom stereocenters. The van der Waals surface area contributed by atoms with Crippen molar-refractivity contribution in [1.82, 2.24) is 24.1 Å². The van der Waals surface area contributed by atoms with Crippen molar-refractivity contribution in [2.24, 2.45) is 0 Å². The number of aromatic nitrogens is 2. The van der Waals surface area contributed by atoms with Crippen molar-refractivity contribution in [1.29, 1.82) is 0 Å². The summed E-state index contributed by atoms with van der Waals surface area (Å²) in [5, 5.41) is 7.82. The van der Waals surface area contributed by atoms with Crippen LogP contribution in [0.5, 0.6) is 0 Å². The van der Waals surface area contributed by atoms with Gasteiger partial charge >= 0.3 is 0 Å². The normalized spacial score (nSPS) is 22.1. The molecule has 0 spiro atoms. The lowest BCUT2D eigenvalue weighted by Gasteiger charge is -2.36. The lowest BCUT2D eigenvalue weighted by atomic mass is 10.00. The summed E-state index contributed by atoms with van der Waals surface area (Å²) in [6, 6.07) is 5.80. The third-order valence-electron chi connectivity index (χ3n) is 4.93. The molecule has 1 aliphatic heterocycles. The highest BCUT2D eigenvalue weighted by atomic mass is 35.5. The zero-order valence-electron chi connectivity index (χ0n) is 16.0. The second-order valence-corrected chi connectivity index (χ2v) is 9.01. The highest BCUT2D eigenvalue weighted by molar-refractivity contribution is 7.87. The minimum atomic E-state index is -3.79. The zero-order valence-corrected chi connectivity index (χ0v) is 17.6. The first-order valence-corrected chi connectivity index (χ1v) is 10.8. The van der Waals surface area contributed by atoms with E-state index in [0.29, 0.717) is 24.5 Å². The van der Waals surface area contributed by atoms with Crippen molar-refractivity contribution in [2.75, 3.05) is 7.05 Å². The second-order valence-electron chi connectivity index (χ2n) is 6.81. The first kappa shape index (κ1) is 20.8. The van der Waals surface area contributed by atoms with Crippen LogP contribution in [-0.4, -0.2) is 41.5 Å². The van der Waals surface area contributed by atoms with Crippen LogP contribution >= 0.6 is 11.6 Å². The van der Waals surface area contributed by atoms with Crippen LogP contribution in [0.15, 0.2) is 30.5 Å². The van der Waals surface area contributed by atoms with Crippen molar-refractivity contribution in [3.63, 3.8) is 0 Å². The minimum Gasteiger partial charge on any atom is -0.351 e. The molecule has 8 nitrogen and oxygen atoms in total. The lowest BCUT2D eigenvalue weighted by Crippen LogP contribution is -2.57. The molecule has 3 rings (SSSR count). The molecule has 28 heavy (non-hydrogen) atoms. The molecule has 0 aliphatic carbocycles. The predicted molar refractivity (Wildman–Crippen MR) is 107 cm³/mol. The third-order valence-corrected chi connectivity index (χ3v) is 6.78. The van der Waals surface area contributed by atoms with E-state index < -0.39 is 22.3 Å². The number of aryl methyl sites for hydroxylation is 2. The van der Waals surface area contributed by atoms with E-state index in [0.717, 1.165) is 21.1 Å². The SMILES string of the molecule is CCn1cc(C2CC(C(=O)NCc3ccc(Cl)cc3)N(C)S(=O)(=O)N2)c(C)n1. The number of amides is 1. The van der Waals surface area contributed by atoms with Crippen molar-refractivity contribution in [3.05, 3.63) is 52.3 Å². The van der Waals surface area contributed by atoms with E-state index in [1.54, 1.807) is 16.8 Å². The second kappa shape index (κ2) is 8.20. The number of hydrogen-bond acceptors (Lipinski definition) is 4. The van der Waals surface area contributed by atoms with Crippen LogP contribution < -0.4 is 10.0 Å². The van der Waals surface area contributed by atoms with E-state index in [1.807, 2.05) is 32.2 Å². The molecule has 10 heteroatoms. The highest BCUT2D eigenvalue weighted by Crippen LogP contribution is 2.29. The molecule has 1 fully saturated rings. The molecule has 2 aromatic rings. The van der Waals surface area contributed by atoms with Crippen LogP contribution in [0.2, 0.25) is 5.02 Å². The molecule has 152 valence electrons. The van der Waals surface area contributed by atoms with Crippen LogP contribution in [0, 0.1) is 6.92 Å². The van der Waals surface area contributed by atoms with Gasteiger partial charge in [0.15, 0.2) is 0 Å². The van der Waals surface area contributed by atoms with Crippen LogP contribution in [-0.2, 0) is 28.1 Å². The van der Waals surface area contributed by atoms with Gasteiger partial charge in [-0.25, -0.2) is 0 Å². The first-order chi connectivity index (χ1) is 13.2. The molecule has 0 saturated carbocycles. The Balaban J connectivity index is 1.77. The summed E-state index contributed by atoms with van der Waals surface area (Å²) in [6.07, 6.45) is 2.15. The number of nitrogens with zero attached hydrogens (tertiary/aromatic N) is 3. The zero-order chi connectivity index (χ0) is 20.5. The number of nitrogens with one attached hydrogen (secondary N) is 2. The van der Waals surface area contributed by atoms with Crippen LogP contribution in [0.1, 0.15) is 36.2 Å². The Labute approximate surface area is 170 Å². The van der Waals surface area contributed by atoms with Crippen molar-refractivity contribution < 1.29 is 13.2 Å². The van der Waals surface area contributed by atoms with Gasteiger partial charge in [-0.1, -0.05) is 23.7 Å². The highest BCUT2D eigenvalue weighted by Gasteiger charge is 2.41. The molecule has 1 amide bonds. The summed E-state index contributed by atoms with van der Waals surface area (Å²) in [7, 11) is -2.38. The number of benzene rings is 1. The Kier molecular flexibility index (Phi) is 6.09. The molecular formula is C18H24ClN5O3S. The van der Waals surface area contributed by atoms with Gasteiger partial charge in [-0.2, -0.15) is 22.5 Å². The Morgan fingerprint density at radius 3 is 2.64 bits per heavy atom. The molecule has 1 aromatic carbocycles. The fourth-order valence-electron chi connectivity index (χ4n) is 3.26. The fourth-order valence-corrected chi connectivity index (χ4v) is 4.65. The number of halogens is 1. The maximum Gasteiger partial charge on any atom is 0.280 e. The summed E-state index contributed by atoms with van der Waals surface area (Å²) in [5.41, 5.74) is 2.42. The molecule has 2 unspecified atom stereocenters. The summed E-state index contributed by atoms with van der Waals surface area (Å²) < 4.78 is 30.6. The fraction of sp³-hybridized carbons (Fsp3) is 0.444. The Hall–Kier alpha value is -1.94. The lowest BCUT2D eigenvalue weighted by molar-refractivity contribution is -0.125. The molecule has 1 saturated heterocycles. The quantitative estimate of drug-likeness (QED) is 0.762. The number of carbonyl (C=O) groups excluding carboxylic acids is 1. The van der Waals surface area contributed by atoms with Gasteiger partial charge in [0, 0.05) is 36.9 Å². The molecule has 1 aromatic heterocycles. The number of rotatable bonds is 5. The number of carbonyl (C=O) groups is 1. The number of hydrogen-bond donors (Lipinski definition) is 2. The van der Waals surface area contributed by atoms with Crippen LogP contribution in [0.4, 0.5) is 0 Å². The van der Waals surface area contributed by atoms with Crippen molar-refractivity contribution >= 4 is 27.7 Å². The Morgan fingerprint density at radius 1 is 1.36 bits per heavy atom. The smallest absolute Gasteiger partial charge is 0.280 e. The minimum absolute atomic E-state index is 0.297. The molecular weight excluding hydrogens is 402 g/mol. The molecule has 2 heterocycles. The average Bonchev–Trinajstić information content (AvgIpc) is 3.04. The van der Waals surface area contributed by atoms with Crippen molar-refractivity contribution in [3.8, 4) is 0 Å². The number of likely N-dealkylation sites (N-methyl/N-ethyl adjacent to an activating group) is 1. The van der Waals surface area contributed by atoms with Gasteiger partial charge in [0.25, 0.3) is 10.2 Å². The monoisotopic (exact) mass is 425 g/mol. The van der Waals surface area contributed by atoms with Gasteiger partial charge in [-0.15, -0.1) is 0 Å². The molecule has 1 aliphatic rings. The standard InChI is InChI=1S/C18H24ClN5O3S/c1-4-24-11-15(12(2)21-24)16-9-17(23(3)28(26,27)22-16)18(25)20-10-13-5-7-14(19)8-6-13/h5-8,11,16-17,22H,4,9-10H2,1-3H3,(H,20,25). The first-order valence-electron chi connectivity index (χ1n) is 9.02.